The predicted molar refractivity (Wildman–Crippen MR) is 101 cm³/mol. The van der Waals surface area contributed by atoms with E-state index in [1.165, 1.54) is 31.4 Å². The van der Waals surface area contributed by atoms with E-state index in [1.807, 2.05) is 21.6 Å². The Bertz CT molecular complexity index is 784. The molecule has 0 amide bonds. The fourth-order valence-electron chi connectivity index (χ4n) is 2.45. The minimum Gasteiger partial charge on any atom is -0.0622 e. The molecule has 3 heteroatoms. The number of benzene rings is 2. The van der Waals surface area contributed by atoms with E-state index in [0.29, 0.717) is 0 Å². The van der Waals surface area contributed by atoms with Crippen LogP contribution in [0.5, 0.6) is 0 Å². The smallest absolute Gasteiger partial charge is 0.0299 e. The lowest BCUT2D eigenvalue weighted by atomic mass is 10.1. The van der Waals surface area contributed by atoms with Crippen LogP contribution in [-0.2, 0) is 0 Å². The summed E-state index contributed by atoms with van der Waals surface area (Å²) in [6.07, 6.45) is 2.39. The second-order valence-electron chi connectivity index (χ2n) is 4.96. The van der Waals surface area contributed by atoms with Crippen molar-refractivity contribution in [2.75, 3.05) is 0 Å². The van der Waals surface area contributed by atoms with Crippen molar-refractivity contribution in [1.82, 2.24) is 0 Å². The van der Waals surface area contributed by atoms with Gasteiger partial charge >= 0.3 is 0 Å². The van der Waals surface area contributed by atoms with Gasteiger partial charge < -0.3 is 0 Å². The zero-order valence-corrected chi connectivity index (χ0v) is 14.0. The highest BCUT2D eigenvalue weighted by atomic mass is 33.5. The van der Waals surface area contributed by atoms with Gasteiger partial charge in [-0.3, -0.25) is 0 Å². The number of hydrogen-bond donors (Lipinski definition) is 0. The Morgan fingerprint density at radius 1 is 0.762 bits per heavy atom. The lowest BCUT2D eigenvalue weighted by Crippen LogP contribution is -1.91. The average molecular weight is 327 g/mol. The molecule has 0 aliphatic carbocycles. The average Bonchev–Trinajstić information content (AvgIpc) is 3.09. The van der Waals surface area contributed by atoms with Crippen LogP contribution in [0.15, 0.2) is 72.3 Å². The molecular formula is C18H14S3. The van der Waals surface area contributed by atoms with Crippen LogP contribution in [0.25, 0.3) is 9.81 Å². The molecule has 104 valence electrons. The van der Waals surface area contributed by atoms with E-state index in [-0.39, 0.29) is 8.55 Å². The molecule has 4 rings (SSSR count). The number of rotatable bonds is 2. The van der Waals surface area contributed by atoms with Gasteiger partial charge in [0.05, 0.1) is 0 Å². The summed E-state index contributed by atoms with van der Waals surface area (Å²) in [4.78, 5) is 4.38. The summed E-state index contributed by atoms with van der Waals surface area (Å²) in [6.45, 7) is 2.27. The Balaban J connectivity index is 1.69. The van der Waals surface area contributed by atoms with Crippen LogP contribution in [0.3, 0.4) is 0 Å². The molecule has 0 fully saturated rings. The van der Waals surface area contributed by atoms with Gasteiger partial charge in [0.1, 0.15) is 0 Å². The van der Waals surface area contributed by atoms with Gasteiger partial charge in [0.25, 0.3) is 0 Å². The highest BCUT2D eigenvalue weighted by molar-refractivity contribution is 9.19. The van der Waals surface area contributed by atoms with E-state index in [9.17, 15) is 0 Å². The van der Waals surface area contributed by atoms with Crippen LogP contribution in [0.2, 0.25) is 0 Å². The molecule has 2 aromatic rings. The van der Waals surface area contributed by atoms with Gasteiger partial charge in [-0.05, 0) is 29.7 Å². The van der Waals surface area contributed by atoms with Crippen molar-refractivity contribution < 1.29 is 0 Å². The standard InChI is InChI=1S/C18H14S3/c1-13-17-12-16(14-8-4-2-5-9-14)19-21(17)20-18(13)15-10-6-3-7-11-15/h2-12H,1H3. The van der Waals surface area contributed by atoms with Crippen molar-refractivity contribution in [2.24, 2.45) is 0 Å². The molecule has 2 aromatic carbocycles. The number of allylic oxidation sites excluding steroid dienone is 2. The van der Waals surface area contributed by atoms with Crippen molar-refractivity contribution in [3.8, 4) is 0 Å². The van der Waals surface area contributed by atoms with Crippen molar-refractivity contribution in [3.05, 3.63) is 83.4 Å². The van der Waals surface area contributed by atoms with Crippen LogP contribution in [-0.4, -0.2) is 4.86 Å². The third-order valence-electron chi connectivity index (χ3n) is 3.57. The summed E-state index contributed by atoms with van der Waals surface area (Å²) in [7, 11) is 4.26. The van der Waals surface area contributed by atoms with E-state index in [1.54, 1.807) is 0 Å². The van der Waals surface area contributed by atoms with E-state index >= 15 is 0 Å². The molecule has 0 N–H and O–H groups in total. The molecule has 0 spiro atoms. The fraction of sp³-hybridized carbons (Fsp3) is 0.0556. The first-order chi connectivity index (χ1) is 10.3. The maximum Gasteiger partial charge on any atom is 0.0299 e. The van der Waals surface area contributed by atoms with Gasteiger partial charge in [0, 0.05) is 14.7 Å². The lowest BCUT2D eigenvalue weighted by Gasteiger charge is -2.08. The summed E-state index contributed by atoms with van der Waals surface area (Å²) in [5.41, 5.74) is 4.14. The highest BCUT2D eigenvalue weighted by Gasteiger charge is 2.27. The van der Waals surface area contributed by atoms with Crippen molar-refractivity contribution in [1.29, 1.82) is 0 Å². The molecule has 0 nitrogen and oxygen atoms in total. The normalized spacial score (nSPS) is 20.7. The van der Waals surface area contributed by atoms with Gasteiger partial charge in [0.2, 0.25) is 0 Å². The Kier molecular flexibility index (Phi) is 3.57. The van der Waals surface area contributed by atoms with Crippen molar-refractivity contribution in [2.45, 2.75) is 6.92 Å². The van der Waals surface area contributed by atoms with E-state index in [4.69, 9.17) is 0 Å². The number of hydrogen-bond acceptors (Lipinski definition) is 2. The Morgan fingerprint density at radius 2 is 1.38 bits per heavy atom. The molecule has 0 aromatic heterocycles. The fourth-order valence-corrected chi connectivity index (χ4v) is 9.85. The summed E-state index contributed by atoms with van der Waals surface area (Å²) < 4.78 is 0. The van der Waals surface area contributed by atoms with Crippen LogP contribution < -0.4 is 0 Å². The minimum absolute atomic E-state index is 0.224. The summed E-state index contributed by atoms with van der Waals surface area (Å²) >= 11 is 0. The van der Waals surface area contributed by atoms with Gasteiger partial charge in [-0.15, -0.1) is 0 Å². The molecule has 2 aliphatic rings. The third kappa shape index (κ3) is 2.44. The van der Waals surface area contributed by atoms with E-state index < -0.39 is 0 Å². The molecule has 0 bridgehead atoms. The van der Waals surface area contributed by atoms with Crippen molar-refractivity contribution >= 4 is 44.8 Å². The molecule has 1 unspecified atom stereocenters. The summed E-state index contributed by atoms with van der Waals surface area (Å²) in [6, 6.07) is 21.5. The first-order valence-corrected chi connectivity index (χ1v) is 10.7. The Hall–Kier alpha value is -1.16. The molecule has 0 saturated heterocycles. The summed E-state index contributed by atoms with van der Waals surface area (Å²) in [5, 5.41) is 0. The van der Waals surface area contributed by atoms with Crippen LogP contribution >= 0.6 is 30.1 Å². The third-order valence-corrected chi connectivity index (χ3v) is 10.1. The zero-order valence-electron chi connectivity index (χ0n) is 11.6. The second-order valence-corrected chi connectivity index (χ2v) is 10.7. The van der Waals surface area contributed by atoms with Gasteiger partial charge in [-0.1, -0.05) is 90.8 Å². The lowest BCUT2D eigenvalue weighted by molar-refractivity contribution is 1.59. The van der Waals surface area contributed by atoms with E-state index in [0.717, 1.165) is 0 Å². The summed E-state index contributed by atoms with van der Waals surface area (Å²) in [5.74, 6) is 0. The molecule has 21 heavy (non-hydrogen) atoms. The first kappa shape index (κ1) is 13.5. The molecule has 0 saturated carbocycles. The molecular weight excluding hydrogens is 312 g/mol. The van der Waals surface area contributed by atoms with Gasteiger partial charge in [0.15, 0.2) is 0 Å². The second kappa shape index (κ2) is 5.56. The molecule has 1 atom stereocenters. The van der Waals surface area contributed by atoms with E-state index in [2.05, 4.69) is 73.7 Å². The Morgan fingerprint density at radius 3 is 2.00 bits per heavy atom. The van der Waals surface area contributed by atoms with Gasteiger partial charge in [-0.25, -0.2) is 0 Å². The minimum atomic E-state index is 0.224. The van der Waals surface area contributed by atoms with Crippen LogP contribution in [0.1, 0.15) is 18.1 Å². The van der Waals surface area contributed by atoms with Crippen LogP contribution in [0.4, 0.5) is 0 Å². The molecule has 2 heterocycles. The maximum atomic E-state index is 2.39. The monoisotopic (exact) mass is 326 g/mol. The Labute approximate surface area is 135 Å². The largest absolute Gasteiger partial charge is 0.0622 e. The highest BCUT2D eigenvalue weighted by Crippen LogP contribution is 2.64. The predicted octanol–water partition coefficient (Wildman–Crippen LogP) is 6.22. The zero-order chi connectivity index (χ0) is 14.2. The van der Waals surface area contributed by atoms with Crippen molar-refractivity contribution in [3.63, 3.8) is 0 Å². The maximum absolute atomic E-state index is 2.39. The topological polar surface area (TPSA) is 0 Å². The molecule has 2 aliphatic heterocycles. The molecule has 0 radical (unpaired) electrons. The first-order valence-electron chi connectivity index (χ1n) is 6.84. The quantitative estimate of drug-likeness (QED) is 0.474. The van der Waals surface area contributed by atoms with Crippen LogP contribution in [0, 0.1) is 0 Å². The van der Waals surface area contributed by atoms with Gasteiger partial charge in [-0.2, -0.15) is 0 Å². The SMILES string of the molecule is CC1=C(c2ccccc2)SS2=C1C=C(c1ccccc1)S2.